The van der Waals surface area contributed by atoms with E-state index in [0.717, 1.165) is 17.0 Å². The highest BCUT2D eigenvalue weighted by Gasteiger charge is 2.02. The molecule has 1 heterocycles. The maximum Gasteiger partial charge on any atom is 0.121 e. The lowest BCUT2D eigenvalue weighted by atomic mass is 10.3. The molecule has 0 atom stereocenters. The second-order valence-corrected chi connectivity index (χ2v) is 4.49. The number of nitrogen functional groups attached to an aromatic ring is 1. The van der Waals surface area contributed by atoms with Gasteiger partial charge in [-0.2, -0.15) is 5.10 Å². The fourth-order valence-corrected chi connectivity index (χ4v) is 1.93. The molecule has 20 heavy (non-hydrogen) atoms. The third kappa shape index (κ3) is 2.80. The van der Waals surface area contributed by atoms with E-state index in [1.54, 1.807) is 6.20 Å². The predicted molar refractivity (Wildman–Crippen MR) is 78.8 cm³/mol. The van der Waals surface area contributed by atoms with Crippen LogP contribution >= 0.6 is 0 Å². The minimum Gasteiger partial charge on any atom is -0.489 e. The molecule has 0 aliphatic carbocycles. The number of anilines is 1. The Morgan fingerprint density at radius 2 is 1.90 bits per heavy atom. The standard InChI is InChI=1S/C16H15N3O/c17-14-5-4-8-16(9-14)20-12-13-10-18-19(11-13)15-6-2-1-3-7-15/h1-11H,12,17H2. The van der Waals surface area contributed by atoms with E-state index in [1.807, 2.05) is 65.5 Å². The largest absolute Gasteiger partial charge is 0.489 e. The third-order valence-corrected chi connectivity index (χ3v) is 2.92. The van der Waals surface area contributed by atoms with E-state index >= 15 is 0 Å². The number of hydrogen-bond acceptors (Lipinski definition) is 3. The summed E-state index contributed by atoms with van der Waals surface area (Å²) in [5.41, 5.74) is 8.45. The Hall–Kier alpha value is -2.75. The molecule has 0 saturated carbocycles. The van der Waals surface area contributed by atoms with Crippen LogP contribution in [0.15, 0.2) is 67.0 Å². The highest BCUT2D eigenvalue weighted by molar-refractivity contribution is 5.43. The summed E-state index contributed by atoms with van der Waals surface area (Å²) in [6.07, 6.45) is 3.76. The van der Waals surface area contributed by atoms with Gasteiger partial charge in [-0.05, 0) is 24.3 Å². The molecule has 0 aliphatic rings. The maximum absolute atomic E-state index is 5.71. The van der Waals surface area contributed by atoms with Crippen LogP contribution in [0.3, 0.4) is 0 Å². The van der Waals surface area contributed by atoms with Gasteiger partial charge in [-0.3, -0.25) is 0 Å². The van der Waals surface area contributed by atoms with Crippen molar-refractivity contribution in [3.8, 4) is 11.4 Å². The number of benzene rings is 2. The SMILES string of the molecule is Nc1cccc(OCc2cnn(-c3ccccc3)c2)c1. The molecule has 0 unspecified atom stereocenters. The molecule has 100 valence electrons. The lowest BCUT2D eigenvalue weighted by Gasteiger charge is -2.04. The molecule has 2 aromatic carbocycles. The van der Waals surface area contributed by atoms with Gasteiger partial charge >= 0.3 is 0 Å². The summed E-state index contributed by atoms with van der Waals surface area (Å²) in [6.45, 7) is 0.469. The van der Waals surface area contributed by atoms with Gasteiger partial charge in [0.15, 0.2) is 0 Å². The second-order valence-electron chi connectivity index (χ2n) is 4.49. The molecule has 0 aliphatic heterocycles. The van der Waals surface area contributed by atoms with Crippen LogP contribution in [0.2, 0.25) is 0 Å². The molecule has 0 spiro atoms. The van der Waals surface area contributed by atoms with Crippen molar-refractivity contribution < 1.29 is 4.74 Å². The molecule has 0 amide bonds. The molecule has 3 rings (SSSR count). The van der Waals surface area contributed by atoms with Crippen molar-refractivity contribution >= 4 is 5.69 Å². The Kier molecular flexibility index (Phi) is 3.37. The Labute approximate surface area is 117 Å². The highest BCUT2D eigenvalue weighted by atomic mass is 16.5. The zero-order valence-electron chi connectivity index (χ0n) is 10.9. The Morgan fingerprint density at radius 3 is 2.70 bits per heavy atom. The van der Waals surface area contributed by atoms with Gasteiger partial charge in [-0.1, -0.05) is 24.3 Å². The van der Waals surface area contributed by atoms with E-state index in [9.17, 15) is 0 Å². The van der Waals surface area contributed by atoms with E-state index in [2.05, 4.69) is 5.10 Å². The average molecular weight is 265 g/mol. The van der Waals surface area contributed by atoms with E-state index in [0.29, 0.717) is 12.3 Å². The minimum atomic E-state index is 0.469. The molecule has 3 aromatic rings. The summed E-state index contributed by atoms with van der Waals surface area (Å²) in [5, 5.41) is 4.33. The summed E-state index contributed by atoms with van der Waals surface area (Å²) >= 11 is 0. The van der Waals surface area contributed by atoms with Crippen LogP contribution in [0, 0.1) is 0 Å². The predicted octanol–water partition coefficient (Wildman–Crippen LogP) is 3.03. The van der Waals surface area contributed by atoms with Crippen LogP contribution in [0.4, 0.5) is 5.69 Å². The zero-order chi connectivity index (χ0) is 13.8. The Balaban J connectivity index is 1.69. The summed E-state index contributed by atoms with van der Waals surface area (Å²) in [7, 11) is 0. The molecule has 0 bridgehead atoms. The fourth-order valence-electron chi connectivity index (χ4n) is 1.93. The Bertz CT molecular complexity index is 692. The summed E-state index contributed by atoms with van der Waals surface area (Å²) in [6, 6.07) is 17.4. The van der Waals surface area contributed by atoms with Crippen LogP contribution in [0.5, 0.6) is 5.75 Å². The number of para-hydroxylation sites is 1. The first-order valence-corrected chi connectivity index (χ1v) is 6.38. The monoisotopic (exact) mass is 265 g/mol. The smallest absolute Gasteiger partial charge is 0.121 e. The van der Waals surface area contributed by atoms with Gasteiger partial charge in [0.1, 0.15) is 12.4 Å². The lowest BCUT2D eigenvalue weighted by Crippen LogP contribution is -1.96. The van der Waals surface area contributed by atoms with Crippen molar-refractivity contribution in [2.45, 2.75) is 6.61 Å². The first-order chi connectivity index (χ1) is 9.81. The van der Waals surface area contributed by atoms with Crippen molar-refractivity contribution in [3.63, 3.8) is 0 Å². The molecular weight excluding hydrogens is 250 g/mol. The molecule has 4 heteroatoms. The second kappa shape index (κ2) is 5.48. The van der Waals surface area contributed by atoms with Gasteiger partial charge < -0.3 is 10.5 Å². The summed E-state index contributed by atoms with van der Waals surface area (Å²) in [5.74, 6) is 0.762. The van der Waals surface area contributed by atoms with Gasteiger partial charge in [0.2, 0.25) is 0 Å². The van der Waals surface area contributed by atoms with Crippen LogP contribution < -0.4 is 10.5 Å². The number of nitrogens with two attached hydrogens (primary N) is 1. The number of hydrogen-bond donors (Lipinski definition) is 1. The van der Waals surface area contributed by atoms with E-state index < -0.39 is 0 Å². The molecule has 0 radical (unpaired) electrons. The topological polar surface area (TPSA) is 53.1 Å². The molecule has 1 aromatic heterocycles. The van der Waals surface area contributed by atoms with E-state index in [1.165, 1.54) is 0 Å². The van der Waals surface area contributed by atoms with E-state index in [4.69, 9.17) is 10.5 Å². The fraction of sp³-hybridized carbons (Fsp3) is 0.0625. The maximum atomic E-state index is 5.71. The van der Waals surface area contributed by atoms with Gasteiger partial charge in [-0.25, -0.2) is 4.68 Å². The third-order valence-electron chi connectivity index (χ3n) is 2.92. The molecular formula is C16H15N3O. The van der Waals surface area contributed by atoms with Gasteiger partial charge in [-0.15, -0.1) is 0 Å². The summed E-state index contributed by atoms with van der Waals surface area (Å²) < 4.78 is 7.52. The normalized spacial score (nSPS) is 10.4. The molecule has 0 fully saturated rings. The van der Waals surface area contributed by atoms with Crippen molar-refractivity contribution in [2.24, 2.45) is 0 Å². The van der Waals surface area contributed by atoms with Gasteiger partial charge in [0.05, 0.1) is 11.9 Å². The average Bonchev–Trinajstić information content (AvgIpc) is 2.95. The Morgan fingerprint density at radius 1 is 1.05 bits per heavy atom. The van der Waals surface area contributed by atoms with Crippen LogP contribution in [-0.4, -0.2) is 9.78 Å². The van der Waals surface area contributed by atoms with E-state index in [-0.39, 0.29) is 0 Å². The van der Waals surface area contributed by atoms with Crippen molar-refractivity contribution in [1.82, 2.24) is 9.78 Å². The minimum absolute atomic E-state index is 0.469. The first kappa shape index (κ1) is 12.3. The number of aromatic nitrogens is 2. The highest BCUT2D eigenvalue weighted by Crippen LogP contribution is 2.16. The quantitative estimate of drug-likeness (QED) is 0.738. The molecule has 2 N–H and O–H groups in total. The molecule has 0 saturated heterocycles. The summed E-state index contributed by atoms with van der Waals surface area (Å²) in [4.78, 5) is 0. The van der Waals surface area contributed by atoms with Crippen molar-refractivity contribution in [1.29, 1.82) is 0 Å². The number of nitrogens with zero attached hydrogens (tertiary/aromatic N) is 2. The first-order valence-electron chi connectivity index (χ1n) is 6.38. The van der Waals surface area contributed by atoms with Gasteiger partial charge in [0.25, 0.3) is 0 Å². The number of ether oxygens (including phenoxy) is 1. The molecule has 4 nitrogen and oxygen atoms in total. The van der Waals surface area contributed by atoms with Crippen LogP contribution in [0.25, 0.3) is 5.69 Å². The van der Waals surface area contributed by atoms with Crippen LogP contribution in [0.1, 0.15) is 5.56 Å². The lowest BCUT2D eigenvalue weighted by molar-refractivity contribution is 0.306. The van der Waals surface area contributed by atoms with Crippen LogP contribution in [-0.2, 0) is 6.61 Å². The van der Waals surface area contributed by atoms with Crippen molar-refractivity contribution in [3.05, 3.63) is 72.6 Å². The zero-order valence-corrected chi connectivity index (χ0v) is 10.9. The van der Waals surface area contributed by atoms with Crippen molar-refractivity contribution in [2.75, 3.05) is 5.73 Å². The number of rotatable bonds is 4. The van der Waals surface area contributed by atoms with Gasteiger partial charge in [0, 0.05) is 23.5 Å².